The number of ether oxygens (including phenoxy) is 1. The van der Waals surface area contributed by atoms with Gasteiger partial charge in [-0.15, -0.1) is 0 Å². The first-order valence-electron chi connectivity index (χ1n) is 10.00. The molecule has 1 N–H and O–H groups in total. The van der Waals surface area contributed by atoms with E-state index in [0.717, 1.165) is 19.3 Å². The van der Waals surface area contributed by atoms with Crippen LogP contribution in [0.3, 0.4) is 0 Å². The van der Waals surface area contributed by atoms with E-state index in [1.165, 1.54) is 12.5 Å². The lowest BCUT2D eigenvalue weighted by Gasteiger charge is -2.31. The summed E-state index contributed by atoms with van der Waals surface area (Å²) >= 11 is 0. The molecule has 0 unspecified atom stereocenters. The number of carbonyl (C=O) groups is 3. The van der Waals surface area contributed by atoms with Crippen LogP contribution in [0, 0.1) is 0 Å². The van der Waals surface area contributed by atoms with Crippen molar-refractivity contribution in [2.45, 2.75) is 45.6 Å². The molecule has 1 saturated heterocycles. The molecule has 154 valence electrons. The minimum Gasteiger partial charge on any atom is -0.450 e. The Hall–Kier alpha value is -2.57. The second kappa shape index (κ2) is 11.3. The zero-order valence-electron chi connectivity index (χ0n) is 16.9. The highest BCUT2D eigenvalue weighted by Crippen LogP contribution is 2.12. The van der Waals surface area contributed by atoms with Crippen LogP contribution in [-0.4, -0.2) is 66.5 Å². The van der Waals surface area contributed by atoms with Crippen molar-refractivity contribution in [1.29, 1.82) is 0 Å². The van der Waals surface area contributed by atoms with Crippen molar-refractivity contribution >= 4 is 17.9 Å². The minimum atomic E-state index is -0.289. The highest BCUT2D eigenvalue weighted by molar-refractivity contribution is 5.78. The van der Waals surface area contributed by atoms with Crippen molar-refractivity contribution in [2.24, 2.45) is 0 Å². The van der Waals surface area contributed by atoms with Gasteiger partial charge in [0.15, 0.2) is 0 Å². The smallest absolute Gasteiger partial charge is 0.409 e. The molecule has 0 radical (unpaired) electrons. The Morgan fingerprint density at radius 2 is 1.82 bits per heavy atom. The molecule has 1 aliphatic heterocycles. The molecule has 7 heteroatoms. The first-order chi connectivity index (χ1) is 13.5. The van der Waals surface area contributed by atoms with Gasteiger partial charge >= 0.3 is 6.09 Å². The number of amides is 3. The Morgan fingerprint density at radius 1 is 1.14 bits per heavy atom. The lowest BCUT2D eigenvalue weighted by molar-refractivity contribution is -0.129. The average Bonchev–Trinajstić information content (AvgIpc) is 2.69. The van der Waals surface area contributed by atoms with Gasteiger partial charge in [0.05, 0.1) is 6.61 Å². The zero-order chi connectivity index (χ0) is 20.4. The second-order valence-electron chi connectivity index (χ2n) is 7.02. The van der Waals surface area contributed by atoms with E-state index < -0.39 is 0 Å². The number of nitrogens with zero attached hydrogens (tertiary/aromatic N) is 2. The number of likely N-dealkylation sites (tertiary alicyclic amines) is 1. The molecule has 0 bridgehead atoms. The van der Waals surface area contributed by atoms with E-state index in [1.54, 1.807) is 16.7 Å². The van der Waals surface area contributed by atoms with Crippen LogP contribution in [0.2, 0.25) is 0 Å². The average molecular weight is 389 g/mol. The molecule has 1 fully saturated rings. The normalized spacial score (nSPS) is 14.4. The fraction of sp³-hybridized carbons (Fsp3) is 0.571. The summed E-state index contributed by atoms with van der Waals surface area (Å²) in [5.74, 6) is -0.0768. The molecule has 1 heterocycles. The summed E-state index contributed by atoms with van der Waals surface area (Å²) in [7, 11) is 0. The summed E-state index contributed by atoms with van der Waals surface area (Å²) in [6.07, 6.45) is 2.20. The highest BCUT2D eigenvalue weighted by Gasteiger charge is 2.24. The maximum atomic E-state index is 12.3. The molecule has 1 aromatic rings. The molecule has 0 saturated carbocycles. The van der Waals surface area contributed by atoms with Gasteiger partial charge in [-0.25, -0.2) is 4.79 Å². The lowest BCUT2D eigenvalue weighted by Crippen LogP contribution is -2.47. The molecule has 3 amide bonds. The number of benzene rings is 1. The fourth-order valence-corrected chi connectivity index (χ4v) is 3.29. The van der Waals surface area contributed by atoms with Gasteiger partial charge in [0.1, 0.15) is 0 Å². The number of hydrogen-bond acceptors (Lipinski definition) is 4. The van der Waals surface area contributed by atoms with Gasteiger partial charge in [-0.2, -0.15) is 0 Å². The standard InChI is InChI=1S/C21H31N3O4/c1-3-28-21(27)24-14-10-19(11-15-24)22-20(26)12-16-23(17(2)25)13-9-18-7-5-4-6-8-18/h4-8,19H,3,9-16H2,1-2H3,(H,22,26). The van der Waals surface area contributed by atoms with E-state index in [2.05, 4.69) is 5.32 Å². The largest absolute Gasteiger partial charge is 0.450 e. The van der Waals surface area contributed by atoms with E-state index in [4.69, 9.17) is 4.74 Å². The summed E-state index contributed by atoms with van der Waals surface area (Å²) in [4.78, 5) is 39.2. The van der Waals surface area contributed by atoms with Gasteiger partial charge in [-0.05, 0) is 31.7 Å². The summed E-state index contributed by atoms with van der Waals surface area (Å²) in [6.45, 7) is 5.87. The number of nitrogens with one attached hydrogen (secondary N) is 1. The van der Waals surface area contributed by atoms with Crippen LogP contribution >= 0.6 is 0 Å². The SMILES string of the molecule is CCOC(=O)N1CCC(NC(=O)CCN(CCc2ccccc2)C(C)=O)CC1. The van der Waals surface area contributed by atoms with Gasteiger partial charge in [-0.3, -0.25) is 9.59 Å². The molecule has 0 atom stereocenters. The predicted octanol–water partition coefficient (Wildman–Crippen LogP) is 2.20. The molecule has 7 nitrogen and oxygen atoms in total. The molecule has 1 aliphatic rings. The Morgan fingerprint density at radius 3 is 2.43 bits per heavy atom. The second-order valence-corrected chi connectivity index (χ2v) is 7.02. The predicted molar refractivity (Wildman–Crippen MR) is 107 cm³/mol. The molecule has 0 aromatic heterocycles. The minimum absolute atomic E-state index is 0.0218. The van der Waals surface area contributed by atoms with Crippen LogP contribution in [-0.2, 0) is 20.7 Å². The molecule has 28 heavy (non-hydrogen) atoms. The van der Waals surface area contributed by atoms with Crippen molar-refractivity contribution in [3.63, 3.8) is 0 Å². The number of carbonyl (C=O) groups excluding carboxylic acids is 3. The third-order valence-electron chi connectivity index (χ3n) is 4.95. The van der Waals surface area contributed by atoms with Gasteiger partial charge in [0, 0.05) is 45.6 Å². The van der Waals surface area contributed by atoms with Crippen molar-refractivity contribution in [2.75, 3.05) is 32.8 Å². The Bertz CT molecular complexity index is 642. The number of rotatable bonds is 8. The van der Waals surface area contributed by atoms with Crippen molar-refractivity contribution in [3.8, 4) is 0 Å². The third kappa shape index (κ3) is 7.21. The summed E-state index contributed by atoms with van der Waals surface area (Å²) < 4.78 is 5.00. The topological polar surface area (TPSA) is 79.0 Å². The maximum Gasteiger partial charge on any atom is 0.409 e. The fourth-order valence-electron chi connectivity index (χ4n) is 3.29. The van der Waals surface area contributed by atoms with Gasteiger partial charge in [-0.1, -0.05) is 30.3 Å². The number of piperidine rings is 1. The Labute approximate surface area is 167 Å². The van der Waals surface area contributed by atoms with Gasteiger partial charge < -0.3 is 19.9 Å². The van der Waals surface area contributed by atoms with Crippen molar-refractivity contribution in [1.82, 2.24) is 15.1 Å². The maximum absolute atomic E-state index is 12.3. The molecule has 2 rings (SSSR count). The Kier molecular flexibility index (Phi) is 8.78. The zero-order valence-corrected chi connectivity index (χ0v) is 16.9. The van der Waals surface area contributed by atoms with Crippen molar-refractivity contribution in [3.05, 3.63) is 35.9 Å². The van der Waals surface area contributed by atoms with Crippen LogP contribution < -0.4 is 5.32 Å². The van der Waals surface area contributed by atoms with E-state index >= 15 is 0 Å². The van der Waals surface area contributed by atoms with Crippen LogP contribution in [0.1, 0.15) is 38.7 Å². The van der Waals surface area contributed by atoms with Crippen LogP contribution in [0.5, 0.6) is 0 Å². The summed E-state index contributed by atoms with van der Waals surface area (Å²) in [5.41, 5.74) is 1.17. The quantitative estimate of drug-likeness (QED) is 0.739. The summed E-state index contributed by atoms with van der Waals surface area (Å²) in [6, 6.07) is 10.1. The van der Waals surface area contributed by atoms with E-state index in [0.29, 0.717) is 32.8 Å². The lowest BCUT2D eigenvalue weighted by atomic mass is 10.1. The van der Waals surface area contributed by atoms with Crippen LogP contribution in [0.4, 0.5) is 4.79 Å². The van der Waals surface area contributed by atoms with Gasteiger partial charge in [0.2, 0.25) is 11.8 Å². The van der Waals surface area contributed by atoms with E-state index in [9.17, 15) is 14.4 Å². The first kappa shape index (κ1) is 21.7. The third-order valence-corrected chi connectivity index (χ3v) is 4.95. The monoisotopic (exact) mass is 389 g/mol. The van der Waals surface area contributed by atoms with E-state index in [-0.39, 0.29) is 30.4 Å². The molecular formula is C21H31N3O4. The molecule has 1 aromatic carbocycles. The van der Waals surface area contributed by atoms with E-state index in [1.807, 2.05) is 30.3 Å². The Balaban J connectivity index is 1.70. The van der Waals surface area contributed by atoms with Crippen molar-refractivity contribution < 1.29 is 19.1 Å². The van der Waals surface area contributed by atoms with Gasteiger partial charge in [0.25, 0.3) is 0 Å². The van der Waals surface area contributed by atoms with Crippen LogP contribution in [0.15, 0.2) is 30.3 Å². The highest BCUT2D eigenvalue weighted by atomic mass is 16.6. The molecule has 0 aliphatic carbocycles. The molecular weight excluding hydrogens is 358 g/mol. The number of hydrogen-bond donors (Lipinski definition) is 1. The molecule has 0 spiro atoms. The van der Waals surface area contributed by atoms with Crippen LogP contribution in [0.25, 0.3) is 0 Å². The summed E-state index contributed by atoms with van der Waals surface area (Å²) in [5, 5.41) is 3.02. The first-order valence-corrected chi connectivity index (χ1v) is 10.00.